The molecule has 2 rings (SSSR count). The van der Waals surface area contributed by atoms with Gasteiger partial charge < -0.3 is 4.98 Å². The van der Waals surface area contributed by atoms with Crippen LogP contribution in [0.25, 0.3) is 10.2 Å². The van der Waals surface area contributed by atoms with Crippen LogP contribution in [0.1, 0.15) is 5.82 Å². The molecule has 2 aromatic heterocycles. The van der Waals surface area contributed by atoms with Crippen LogP contribution in [0.4, 0.5) is 0 Å². The molecule has 0 amide bonds. The Morgan fingerprint density at radius 2 is 2.54 bits per heavy atom. The Morgan fingerprint density at radius 1 is 1.69 bits per heavy atom. The maximum absolute atomic E-state index is 11.4. The second-order valence-electron chi connectivity index (χ2n) is 2.46. The molecular formula is C7H7N3O2S. The van der Waals surface area contributed by atoms with E-state index in [0.29, 0.717) is 16.0 Å². The summed E-state index contributed by atoms with van der Waals surface area (Å²) < 4.78 is 0.626. The summed E-state index contributed by atoms with van der Waals surface area (Å²) in [7, 11) is 0. The molecule has 0 aliphatic carbocycles. The van der Waals surface area contributed by atoms with Crippen LogP contribution >= 0.6 is 11.3 Å². The highest BCUT2D eigenvalue weighted by Crippen LogP contribution is 2.13. The molecule has 0 aliphatic heterocycles. The number of rotatable bonds is 2. The minimum Gasteiger partial charge on any atom is -0.307 e. The highest BCUT2D eigenvalue weighted by atomic mass is 32.1. The van der Waals surface area contributed by atoms with Crippen molar-refractivity contribution in [1.29, 1.82) is 0 Å². The molecule has 0 atom stereocenters. The highest BCUT2D eigenvalue weighted by molar-refractivity contribution is 7.17. The van der Waals surface area contributed by atoms with Gasteiger partial charge in [-0.05, 0) is 11.4 Å². The van der Waals surface area contributed by atoms with E-state index in [0.717, 1.165) is 0 Å². The molecule has 0 saturated heterocycles. The Labute approximate surface area is 77.1 Å². The third-order valence-electron chi connectivity index (χ3n) is 1.58. The van der Waals surface area contributed by atoms with E-state index in [2.05, 4.69) is 14.8 Å². The van der Waals surface area contributed by atoms with Crippen LogP contribution in [-0.2, 0) is 11.4 Å². The van der Waals surface area contributed by atoms with E-state index >= 15 is 0 Å². The summed E-state index contributed by atoms with van der Waals surface area (Å²) in [6, 6.07) is 1.79. The molecule has 0 radical (unpaired) electrons. The van der Waals surface area contributed by atoms with E-state index in [4.69, 9.17) is 5.90 Å². The molecule has 0 bridgehead atoms. The molecule has 0 saturated carbocycles. The second-order valence-corrected chi connectivity index (χ2v) is 3.37. The lowest BCUT2D eigenvalue weighted by atomic mass is 10.4. The minimum atomic E-state index is -0.146. The largest absolute Gasteiger partial charge is 0.307 e. The van der Waals surface area contributed by atoms with Crippen molar-refractivity contribution >= 4 is 21.6 Å². The smallest absolute Gasteiger partial charge is 0.268 e. The Morgan fingerprint density at radius 3 is 3.31 bits per heavy atom. The molecule has 5 nitrogen and oxygen atoms in total. The minimum absolute atomic E-state index is 0.112. The quantitative estimate of drug-likeness (QED) is 0.682. The zero-order chi connectivity index (χ0) is 9.26. The molecule has 2 heterocycles. The molecule has 6 heteroatoms. The second kappa shape index (κ2) is 3.25. The fourth-order valence-electron chi connectivity index (χ4n) is 1.07. The summed E-state index contributed by atoms with van der Waals surface area (Å²) >= 11 is 1.36. The first kappa shape index (κ1) is 8.36. The van der Waals surface area contributed by atoms with Crippen LogP contribution in [0.3, 0.4) is 0 Å². The van der Waals surface area contributed by atoms with E-state index in [1.165, 1.54) is 11.3 Å². The Kier molecular flexibility index (Phi) is 2.09. The van der Waals surface area contributed by atoms with E-state index in [1.807, 2.05) is 5.38 Å². The van der Waals surface area contributed by atoms with E-state index in [-0.39, 0.29) is 12.2 Å². The van der Waals surface area contributed by atoms with Gasteiger partial charge in [0, 0.05) is 0 Å². The van der Waals surface area contributed by atoms with Crippen molar-refractivity contribution in [2.24, 2.45) is 5.90 Å². The SMILES string of the molecule is NOCc1nc2ccsc2c(=O)[nH]1. The highest BCUT2D eigenvalue weighted by Gasteiger charge is 2.03. The lowest BCUT2D eigenvalue weighted by Crippen LogP contribution is -2.12. The van der Waals surface area contributed by atoms with Gasteiger partial charge in [-0.1, -0.05) is 0 Å². The third kappa shape index (κ3) is 1.46. The zero-order valence-electron chi connectivity index (χ0n) is 6.61. The van der Waals surface area contributed by atoms with Gasteiger partial charge in [0.05, 0.1) is 5.52 Å². The van der Waals surface area contributed by atoms with E-state index < -0.39 is 0 Å². The molecule has 2 aromatic rings. The molecule has 0 fully saturated rings. The summed E-state index contributed by atoms with van der Waals surface area (Å²) in [5.74, 6) is 5.31. The van der Waals surface area contributed by atoms with Gasteiger partial charge >= 0.3 is 0 Å². The molecule has 13 heavy (non-hydrogen) atoms. The summed E-state index contributed by atoms with van der Waals surface area (Å²) in [5, 5.41) is 1.82. The first-order valence-electron chi connectivity index (χ1n) is 3.59. The van der Waals surface area contributed by atoms with E-state index in [9.17, 15) is 4.79 Å². The Hall–Kier alpha value is -1.24. The average Bonchev–Trinajstić information content (AvgIpc) is 2.53. The molecular weight excluding hydrogens is 190 g/mol. The van der Waals surface area contributed by atoms with Crippen molar-refractivity contribution in [3.8, 4) is 0 Å². The molecule has 0 aliphatic rings. The molecule has 0 spiro atoms. The van der Waals surface area contributed by atoms with E-state index in [1.54, 1.807) is 6.07 Å². The maximum Gasteiger partial charge on any atom is 0.268 e. The van der Waals surface area contributed by atoms with Gasteiger partial charge in [-0.2, -0.15) is 0 Å². The first-order chi connectivity index (χ1) is 6.31. The fourth-order valence-corrected chi connectivity index (χ4v) is 1.79. The third-order valence-corrected chi connectivity index (χ3v) is 2.49. The number of hydrogen-bond acceptors (Lipinski definition) is 5. The predicted octanol–water partition coefficient (Wildman–Crippen LogP) is 0.375. The Balaban J connectivity index is 2.63. The average molecular weight is 197 g/mol. The van der Waals surface area contributed by atoms with Crippen molar-refractivity contribution in [1.82, 2.24) is 9.97 Å². The van der Waals surface area contributed by atoms with Gasteiger partial charge in [0.15, 0.2) is 0 Å². The van der Waals surface area contributed by atoms with Crippen LogP contribution in [0.15, 0.2) is 16.2 Å². The van der Waals surface area contributed by atoms with Crippen LogP contribution in [0.2, 0.25) is 0 Å². The van der Waals surface area contributed by atoms with Crippen molar-refractivity contribution in [3.63, 3.8) is 0 Å². The number of hydrogen-bond donors (Lipinski definition) is 2. The standard InChI is InChI=1S/C7H7N3O2S/c8-12-3-5-9-4-1-2-13-6(4)7(11)10-5/h1-2H,3,8H2,(H,9,10,11). The summed E-state index contributed by atoms with van der Waals surface area (Å²) in [5.41, 5.74) is 0.535. The molecule has 3 N–H and O–H groups in total. The molecule has 0 unspecified atom stereocenters. The Bertz CT molecular complexity index is 476. The van der Waals surface area contributed by atoms with Crippen LogP contribution in [0, 0.1) is 0 Å². The van der Waals surface area contributed by atoms with Crippen molar-refractivity contribution in [2.45, 2.75) is 6.61 Å². The van der Waals surface area contributed by atoms with Crippen molar-refractivity contribution < 1.29 is 4.84 Å². The summed E-state index contributed by atoms with van der Waals surface area (Å²) in [4.78, 5) is 22.4. The molecule has 68 valence electrons. The number of nitrogens with one attached hydrogen (secondary N) is 1. The fraction of sp³-hybridized carbons (Fsp3) is 0.143. The summed E-state index contributed by atoms with van der Waals surface area (Å²) in [6.45, 7) is 0.112. The van der Waals surface area contributed by atoms with Crippen LogP contribution in [0.5, 0.6) is 0 Å². The topological polar surface area (TPSA) is 81.0 Å². The number of nitrogens with two attached hydrogens (primary N) is 1. The lowest BCUT2D eigenvalue weighted by molar-refractivity contribution is 0.118. The molecule has 0 aromatic carbocycles. The zero-order valence-corrected chi connectivity index (χ0v) is 7.43. The monoisotopic (exact) mass is 197 g/mol. The lowest BCUT2D eigenvalue weighted by Gasteiger charge is -1.97. The number of fused-ring (bicyclic) bond motifs is 1. The van der Waals surface area contributed by atoms with Gasteiger partial charge in [0.1, 0.15) is 17.1 Å². The van der Waals surface area contributed by atoms with Gasteiger partial charge in [-0.3, -0.25) is 9.63 Å². The van der Waals surface area contributed by atoms with Gasteiger partial charge in [-0.15, -0.1) is 11.3 Å². The van der Waals surface area contributed by atoms with Gasteiger partial charge in [0.2, 0.25) is 0 Å². The van der Waals surface area contributed by atoms with Gasteiger partial charge in [-0.25, -0.2) is 10.9 Å². The van der Waals surface area contributed by atoms with Crippen LogP contribution in [-0.4, -0.2) is 9.97 Å². The predicted molar refractivity (Wildman–Crippen MR) is 49.2 cm³/mol. The number of thiophene rings is 1. The van der Waals surface area contributed by atoms with Crippen molar-refractivity contribution in [2.75, 3.05) is 0 Å². The normalized spacial score (nSPS) is 10.8. The number of H-pyrrole nitrogens is 1. The number of aromatic amines is 1. The maximum atomic E-state index is 11.4. The number of aromatic nitrogens is 2. The number of nitrogens with zero attached hydrogens (tertiary/aromatic N) is 1. The van der Waals surface area contributed by atoms with Gasteiger partial charge in [0.25, 0.3) is 5.56 Å². The van der Waals surface area contributed by atoms with Crippen molar-refractivity contribution in [3.05, 3.63) is 27.6 Å². The first-order valence-corrected chi connectivity index (χ1v) is 4.47. The van der Waals surface area contributed by atoms with Crippen LogP contribution < -0.4 is 11.5 Å². The summed E-state index contributed by atoms with van der Waals surface area (Å²) in [6.07, 6.45) is 0.